The molecule has 0 saturated carbocycles. The van der Waals surface area contributed by atoms with Gasteiger partial charge in [0.1, 0.15) is 17.0 Å². The molecule has 0 atom stereocenters. The van der Waals surface area contributed by atoms with Gasteiger partial charge in [-0.15, -0.1) is 4.91 Å². The number of benzene rings is 2. The monoisotopic (exact) mass is 295 g/mol. The minimum absolute atomic E-state index is 0.0194. The van der Waals surface area contributed by atoms with Crippen molar-refractivity contribution in [1.29, 1.82) is 0 Å². The highest BCUT2D eigenvalue weighted by molar-refractivity contribution is 5.85. The zero-order valence-electron chi connectivity index (χ0n) is 11.9. The SMILES string of the molecule is CCc1ccc(-c2cc3ccc(O)cc3oc2=O)c(N=O)c1. The maximum atomic E-state index is 12.2. The van der Waals surface area contributed by atoms with Gasteiger partial charge in [-0.3, -0.25) is 0 Å². The van der Waals surface area contributed by atoms with Crippen LogP contribution in [-0.4, -0.2) is 5.11 Å². The molecule has 0 bridgehead atoms. The molecule has 0 fully saturated rings. The molecule has 22 heavy (non-hydrogen) atoms. The number of fused-ring (bicyclic) bond motifs is 1. The van der Waals surface area contributed by atoms with E-state index in [0.29, 0.717) is 16.5 Å². The zero-order valence-corrected chi connectivity index (χ0v) is 11.9. The van der Waals surface area contributed by atoms with Gasteiger partial charge in [0.25, 0.3) is 0 Å². The van der Waals surface area contributed by atoms with Crippen LogP contribution in [0.1, 0.15) is 12.5 Å². The summed E-state index contributed by atoms with van der Waals surface area (Å²) in [6.07, 6.45) is 0.772. The predicted molar refractivity (Wildman–Crippen MR) is 84.4 cm³/mol. The Hall–Kier alpha value is -2.95. The summed E-state index contributed by atoms with van der Waals surface area (Å²) in [7, 11) is 0. The number of hydrogen-bond acceptors (Lipinski definition) is 5. The van der Waals surface area contributed by atoms with E-state index in [2.05, 4.69) is 5.18 Å². The van der Waals surface area contributed by atoms with Crippen molar-refractivity contribution in [3.8, 4) is 16.9 Å². The minimum Gasteiger partial charge on any atom is -0.508 e. The molecule has 1 aromatic heterocycles. The highest BCUT2D eigenvalue weighted by Crippen LogP contribution is 2.31. The van der Waals surface area contributed by atoms with E-state index in [4.69, 9.17) is 4.42 Å². The number of nitroso groups, excluding NO2 is 1. The molecule has 3 rings (SSSR count). The maximum Gasteiger partial charge on any atom is 0.344 e. The number of hydrogen-bond donors (Lipinski definition) is 1. The Balaban J connectivity index is 2.26. The van der Waals surface area contributed by atoms with Crippen molar-refractivity contribution < 1.29 is 9.52 Å². The van der Waals surface area contributed by atoms with Crippen LogP contribution < -0.4 is 5.63 Å². The predicted octanol–water partition coefficient (Wildman–Crippen LogP) is 4.13. The number of aromatic hydroxyl groups is 1. The number of nitrogens with zero attached hydrogens (tertiary/aromatic N) is 1. The van der Waals surface area contributed by atoms with Crippen molar-refractivity contribution in [3.63, 3.8) is 0 Å². The molecule has 0 saturated heterocycles. The summed E-state index contributed by atoms with van der Waals surface area (Å²) in [5.41, 5.74) is 1.61. The molecule has 0 unspecified atom stereocenters. The molecule has 0 spiro atoms. The van der Waals surface area contributed by atoms with E-state index < -0.39 is 5.63 Å². The van der Waals surface area contributed by atoms with Crippen LogP contribution in [0.5, 0.6) is 5.75 Å². The molecule has 5 heteroatoms. The van der Waals surface area contributed by atoms with Crippen LogP contribution in [0.2, 0.25) is 0 Å². The summed E-state index contributed by atoms with van der Waals surface area (Å²) < 4.78 is 5.22. The Kier molecular flexibility index (Phi) is 3.47. The van der Waals surface area contributed by atoms with Gasteiger partial charge in [-0.05, 0) is 41.4 Å². The van der Waals surface area contributed by atoms with Gasteiger partial charge in [-0.25, -0.2) is 4.79 Å². The van der Waals surface area contributed by atoms with E-state index in [9.17, 15) is 14.8 Å². The Labute approximate surface area is 125 Å². The maximum absolute atomic E-state index is 12.2. The Morgan fingerprint density at radius 3 is 2.64 bits per heavy atom. The van der Waals surface area contributed by atoms with Crippen LogP contribution in [0.3, 0.4) is 0 Å². The molecule has 2 aromatic carbocycles. The fourth-order valence-corrected chi connectivity index (χ4v) is 2.39. The number of aryl methyl sites for hydroxylation is 1. The third kappa shape index (κ3) is 2.37. The van der Waals surface area contributed by atoms with E-state index in [0.717, 1.165) is 12.0 Å². The Bertz CT molecular complexity index is 928. The summed E-state index contributed by atoms with van der Waals surface area (Å²) in [6.45, 7) is 1.97. The molecule has 0 aliphatic rings. The van der Waals surface area contributed by atoms with Gasteiger partial charge >= 0.3 is 5.63 Å². The van der Waals surface area contributed by atoms with E-state index in [1.54, 1.807) is 24.3 Å². The van der Waals surface area contributed by atoms with Crippen LogP contribution in [0.15, 0.2) is 56.9 Å². The third-order valence-corrected chi connectivity index (χ3v) is 3.58. The molecule has 0 aliphatic carbocycles. The Morgan fingerprint density at radius 1 is 1.09 bits per heavy atom. The van der Waals surface area contributed by atoms with E-state index in [1.807, 2.05) is 13.0 Å². The molecular weight excluding hydrogens is 282 g/mol. The van der Waals surface area contributed by atoms with Crippen LogP contribution >= 0.6 is 0 Å². The first kappa shape index (κ1) is 14.0. The highest BCUT2D eigenvalue weighted by Gasteiger charge is 2.13. The second-order valence-electron chi connectivity index (χ2n) is 4.97. The van der Waals surface area contributed by atoms with Gasteiger partial charge in [-0.1, -0.05) is 19.1 Å². The Morgan fingerprint density at radius 2 is 1.91 bits per heavy atom. The lowest BCUT2D eigenvalue weighted by Crippen LogP contribution is -2.03. The van der Waals surface area contributed by atoms with Crippen LogP contribution in [0.25, 0.3) is 22.1 Å². The normalized spacial score (nSPS) is 10.8. The topological polar surface area (TPSA) is 79.9 Å². The lowest BCUT2D eigenvalue weighted by atomic mass is 10.0. The van der Waals surface area contributed by atoms with Crippen molar-refractivity contribution >= 4 is 16.7 Å². The fourth-order valence-electron chi connectivity index (χ4n) is 2.39. The third-order valence-electron chi connectivity index (χ3n) is 3.58. The first-order chi connectivity index (χ1) is 10.6. The van der Waals surface area contributed by atoms with Crippen molar-refractivity contribution in [2.24, 2.45) is 5.18 Å². The van der Waals surface area contributed by atoms with Gasteiger partial charge in [0.15, 0.2) is 0 Å². The van der Waals surface area contributed by atoms with E-state index in [-0.39, 0.29) is 17.0 Å². The lowest BCUT2D eigenvalue weighted by molar-refractivity contribution is 0.473. The fraction of sp³-hybridized carbons (Fsp3) is 0.118. The summed E-state index contributed by atoms with van der Waals surface area (Å²) >= 11 is 0. The molecule has 1 heterocycles. The highest BCUT2D eigenvalue weighted by atomic mass is 16.4. The molecule has 3 aromatic rings. The first-order valence-corrected chi connectivity index (χ1v) is 6.86. The quantitative estimate of drug-likeness (QED) is 0.582. The largest absolute Gasteiger partial charge is 0.508 e. The molecule has 1 N–H and O–H groups in total. The molecular formula is C17H13NO4. The number of rotatable bonds is 3. The van der Waals surface area contributed by atoms with Gasteiger partial charge < -0.3 is 9.52 Å². The molecule has 0 amide bonds. The standard InChI is InChI=1S/C17H13NO4/c1-2-10-3-6-13(15(7-10)18-21)14-8-11-4-5-12(19)9-16(11)22-17(14)20/h3-9,19H,2H2,1H3. The van der Waals surface area contributed by atoms with Gasteiger partial charge in [-0.2, -0.15) is 0 Å². The average molecular weight is 295 g/mol. The van der Waals surface area contributed by atoms with Crippen LogP contribution in [-0.2, 0) is 6.42 Å². The second-order valence-corrected chi connectivity index (χ2v) is 4.97. The van der Waals surface area contributed by atoms with Crippen LogP contribution in [0, 0.1) is 4.91 Å². The summed E-state index contributed by atoms with van der Waals surface area (Å²) in [6, 6.07) is 11.4. The van der Waals surface area contributed by atoms with Gasteiger partial charge in [0.2, 0.25) is 0 Å². The summed E-state index contributed by atoms with van der Waals surface area (Å²) in [4.78, 5) is 23.2. The van der Waals surface area contributed by atoms with E-state index in [1.165, 1.54) is 12.1 Å². The van der Waals surface area contributed by atoms with Gasteiger partial charge in [0, 0.05) is 17.0 Å². The van der Waals surface area contributed by atoms with Crippen molar-refractivity contribution in [2.75, 3.05) is 0 Å². The molecule has 0 aliphatic heterocycles. The first-order valence-electron chi connectivity index (χ1n) is 6.86. The zero-order chi connectivity index (χ0) is 15.7. The average Bonchev–Trinajstić information content (AvgIpc) is 2.53. The molecule has 110 valence electrons. The van der Waals surface area contributed by atoms with Crippen LogP contribution in [0.4, 0.5) is 5.69 Å². The summed E-state index contributed by atoms with van der Waals surface area (Å²) in [5.74, 6) is 0.0194. The van der Waals surface area contributed by atoms with E-state index >= 15 is 0 Å². The van der Waals surface area contributed by atoms with Crippen molar-refractivity contribution in [3.05, 3.63) is 63.4 Å². The smallest absolute Gasteiger partial charge is 0.344 e. The number of phenolic OH excluding ortho intramolecular Hbond substituents is 1. The second kappa shape index (κ2) is 5.44. The summed E-state index contributed by atoms with van der Waals surface area (Å²) in [5, 5.41) is 13.1. The molecule has 0 radical (unpaired) electrons. The van der Waals surface area contributed by atoms with Gasteiger partial charge in [0.05, 0.1) is 5.56 Å². The molecule has 5 nitrogen and oxygen atoms in total. The number of phenols is 1. The van der Waals surface area contributed by atoms with Crippen molar-refractivity contribution in [2.45, 2.75) is 13.3 Å². The van der Waals surface area contributed by atoms with Crippen molar-refractivity contribution in [1.82, 2.24) is 0 Å². The minimum atomic E-state index is -0.577. The lowest BCUT2D eigenvalue weighted by Gasteiger charge is -2.06.